The number of hydrogen-bond acceptors (Lipinski definition) is 7. The Hall–Kier alpha value is -3.56. The maximum atomic E-state index is 13.6. The van der Waals surface area contributed by atoms with Gasteiger partial charge in [0.05, 0.1) is 25.4 Å². The van der Waals surface area contributed by atoms with Crippen molar-refractivity contribution in [1.82, 2.24) is 20.1 Å². The molecule has 0 spiro atoms. The summed E-state index contributed by atoms with van der Waals surface area (Å²) in [5.74, 6) is 0.897. The van der Waals surface area contributed by atoms with E-state index in [-0.39, 0.29) is 31.3 Å². The summed E-state index contributed by atoms with van der Waals surface area (Å²) in [5, 5.41) is 22.2. The molecule has 0 bridgehead atoms. The molecule has 2 atom stereocenters. The number of aliphatic hydroxyl groups is 1. The number of ether oxygens (including phenoxy) is 2. The van der Waals surface area contributed by atoms with Crippen LogP contribution < -0.4 is 5.32 Å². The second kappa shape index (κ2) is 12.5. The molecule has 1 amide bonds. The van der Waals surface area contributed by atoms with Gasteiger partial charge in [0.15, 0.2) is 5.78 Å². The first-order chi connectivity index (χ1) is 19.4. The first-order valence-corrected chi connectivity index (χ1v) is 14.2. The van der Waals surface area contributed by atoms with Crippen LogP contribution in [-0.4, -0.2) is 56.1 Å². The number of fused-ring (bicyclic) bond motifs is 1. The van der Waals surface area contributed by atoms with E-state index in [1.807, 2.05) is 60.7 Å². The van der Waals surface area contributed by atoms with Crippen LogP contribution in [0.4, 0.5) is 4.79 Å². The lowest BCUT2D eigenvalue weighted by atomic mass is 9.73. The minimum absolute atomic E-state index is 0.00579. The minimum Gasteiger partial charge on any atom is -0.444 e. The van der Waals surface area contributed by atoms with Crippen LogP contribution in [0.15, 0.2) is 60.7 Å². The van der Waals surface area contributed by atoms with Gasteiger partial charge in [0, 0.05) is 30.7 Å². The number of hydrogen-bond donors (Lipinski definition) is 2. The molecule has 2 heterocycles. The molecule has 1 unspecified atom stereocenters. The minimum atomic E-state index is -1.16. The summed E-state index contributed by atoms with van der Waals surface area (Å²) in [7, 11) is 0. The van der Waals surface area contributed by atoms with Crippen LogP contribution in [0.25, 0.3) is 0 Å². The van der Waals surface area contributed by atoms with Crippen molar-refractivity contribution < 1.29 is 24.2 Å². The molecule has 0 saturated heterocycles. The highest BCUT2D eigenvalue weighted by molar-refractivity contribution is 5.91. The Morgan fingerprint density at radius 3 is 2.32 bits per heavy atom. The van der Waals surface area contributed by atoms with Crippen molar-refractivity contribution >= 4 is 11.9 Å². The van der Waals surface area contributed by atoms with E-state index in [0.29, 0.717) is 31.8 Å². The number of carbonyl (C=O) groups is 2. The average Bonchev–Trinajstić information content (AvgIpc) is 3.34. The molecule has 2 aromatic carbocycles. The molecule has 1 aliphatic rings. The number of nitrogens with zero attached hydrogens (tertiary/aromatic N) is 3. The predicted molar refractivity (Wildman–Crippen MR) is 155 cm³/mol. The van der Waals surface area contributed by atoms with E-state index in [2.05, 4.69) is 20.1 Å². The van der Waals surface area contributed by atoms with E-state index in [1.165, 1.54) is 0 Å². The van der Waals surface area contributed by atoms with Crippen LogP contribution in [0.5, 0.6) is 0 Å². The van der Waals surface area contributed by atoms with Crippen molar-refractivity contribution in [3.8, 4) is 0 Å². The number of ketones is 1. The summed E-state index contributed by atoms with van der Waals surface area (Å²) in [6, 6.07) is 19.9. The van der Waals surface area contributed by atoms with Gasteiger partial charge in [0.2, 0.25) is 0 Å². The normalized spacial score (nSPS) is 17.9. The highest BCUT2D eigenvalue weighted by Gasteiger charge is 2.40. The molecule has 0 fully saturated rings. The Bertz CT molecular complexity index is 1320. The zero-order chi connectivity index (χ0) is 29.7. The molecular formula is C32H42N4O5. The van der Waals surface area contributed by atoms with E-state index >= 15 is 0 Å². The molecular weight excluding hydrogens is 520 g/mol. The van der Waals surface area contributed by atoms with Gasteiger partial charge in [-0.05, 0) is 52.2 Å². The number of aromatic nitrogens is 3. The van der Waals surface area contributed by atoms with Crippen LogP contribution in [0.2, 0.25) is 0 Å². The maximum Gasteiger partial charge on any atom is 0.408 e. The zero-order valence-corrected chi connectivity index (χ0v) is 24.7. The second-order valence-electron chi connectivity index (χ2n) is 12.4. The summed E-state index contributed by atoms with van der Waals surface area (Å²) < 4.78 is 13.5. The van der Waals surface area contributed by atoms with Crippen molar-refractivity contribution in [3.05, 3.63) is 83.4 Å². The number of benzene rings is 2. The van der Waals surface area contributed by atoms with Crippen molar-refractivity contribution in [2.45, 2.75) is 89.5 Å². The maximum absolute atomic E-state index is 13.6. The number of alkyl carbamates (subject to hydrolysis) is 1. The van der Waals surface area contributed by atoms with Gasteiger partial charge < -0.3 is 24.5 Å². The predicted octanol–water partition coefficient (Wildman–Crippen LogP) is 4.72. The second-order valence-corrected chi connectivity index (χ2v) is 12.4. The number of Topliss-reactive ketones (excluding diaryl/α,β-unsaturated/α-hetero) is 1. The fourth-order valence-corrected chi connectivity index (χ4v) is 5.23. The lowest BCUT2D eigenvalue weighted by molar-refractivity contribution is -0.125. The summed E-state index contributed by atoms with van der Waals surface area (Å²) in [5.41, 5.74) is -0.170. The van der Waals surface area contributed by atoms with Gasteiger partial charge in [-0.3, -0.25) is 4.79 Å². The van der Waals surface area contributed by atoms with E-state index in [9.17, 15) is 14.7 Å². The summed E-state index contributed by atoms with van der Waals surface area (Å²) in [6.45, 7) is 9.95. The molecule has 220 valence electrons. The van der Waals surface area contributed by atoms with E-state index in [4.69, 9.17) is 9.47 Å². The van der Waals surface area contributed by atoms with Gasteiger partial charge in [-0.15, -0.1) is 10.2 Å². The third kappa shape index (κ3) is 7.59. The molecule has 2 N–H and O–H groups in total. The molecule has 1 aromatic heterocycles. The number of carbonyl (C=O) groups excluding carboxylic acids is 2. The molecule has 0 saturated carbocycles. The van der Waals surface area contributed by atoms with Crippen molar-refractivity contribution in [2.75, 3.05) is 13.2 Å². The summed E-state index contributed by atoms with van der Waals surface area (Å²) in [4.78, 5) is 26.1. The number of amides is 1. The van der Waals surface area contributed by atoms with E-state index in [1.54, 1.807) is 34.6 Å². The van der Waals surface area contributed by atoms with Gasteiger partial charge in [-0.25, -0.2) is 4.79 Å². The summed E-state index contributed by atoms with van der Waals surface area (Å²) in [6.07, 6.45) is 0.703. The smallest absolute Gasteiger partial charge is 0.408 e. The van der Waals surface area contributed by atoms with E-state index < -0.39 is 22.6 Å². The van der Waals surface area contributed by atoms with Gasteiger partial charge in [-0.2, -0.15) is 0 Å². The standard InChI is InChI=1S/C32H42N4O5/c1-30(2,3)41-29(39)33-31(4,5)26(38)18-24(21-40-20-23-12-8-6-9-13-23)28-35-34-27-19-32(22-37,16-17-36(27)28)25-14-10-7-11-15-25/h6-15,24,37H,16-22H2,1-5H3,(H,33,39)/t24-,32?/m1/s1. The van der Waals surface area contributed by atoms with Gasteiger partial charge >= 0.3 is 6.09 Å². The van der Waals surface area contributed by atoms with Crippen LogP contribution in [0.1, 0.15) is 76.2 Å². The fraction of sp³-hybridized carbons (Fsp3) is 0.500. The van der Waals surface area contributed by atoms with Crippen LogP contribution in [-0.2, 0) is 39.3 Å². The molecule has 0 radical (unpaired) electrons. The molecule has 41 heavy (non-hydrogen) atoms. The molecule has 3 aromatic rings. The van der Waals surface area contributed by atoms with E-state index in [0.717, 1.165) is 17.0 Å². The van der Waals surface area contributed by atoms with Gasteiger partial charge in [-0.1, -0.05) is 60.7 Å². The molecule has 0 aliphatic carbocycles. The lowest BCUT2D eigenvalue weighted by Gasteiger charge is -2.36. The zero-order valence-electron chi connectivity index (χ0n) is 24.7. The SMILES string of the molecule is CC(C)(C)OC(=O)NC(C)(C)C(=O)C[C@H](COCc1ccccc1)c1nnc2n1CCC(CO)(c1ccccc1)C2. The van der Waals surface area contributed by atoms with Gasteiger partial charge in [0.1, 0.15) is 17.2 Å². The van der Waals surface area contributed by atoms with Crippen LogP contribution >= 0.6 is 0 Å². The number of nitrogens with one attached hydrogen (secondary N) is 1. The lowest BCUT2D eigenvalue weighted by Crippen LogP contribution is -2.51. The first-order valence-electron chi connectivity index (χ1n) is 14.2. The first kappa shape index (κ1) is 30.4. The fourth-order valence-electron chi connectivity index (χ4n) is 5.23. The number of rotatable bonds is 11. The topological polar surface area (TPSA) is 116 Å². The third-order valence-corrected chi connectivity index (χ3v) is 7.59. The molecule has 1 aliphatic heterocycles. The van der Waals surface area contributed by atoms with Crippen LogP contribution in [0.3, 0.4) is 0 Å². The van der Waals surface area contributed by atoms with Crippen molar-refractivity contribution in [3.63, 3.8) is 0 Å². The largest absolute Gasteiger partial charge is 0.444 e. The molecule has 4 rings (SSSR count). The van der Waals surface area contributed by atoms with Crippen molar-refractivity contribution in [2.24, 2.45) is 0 Å². The summed E-state index contributed by atoms with van der Waals surface area (Å²) >= 11 is 0. The Balaban J connectivity index is 1.55. The monoisotopic (exact) mass is 562 g/mol. The third-order valence-electron chi connectivity index (χ3n) is 7.59. The Morgan fingerprint density at radius 1 is 1.02 bits per heavy atom. The Labute approximate surface area is 242 Å². The molecule has 9 nitrogen and oxygen atoms in total. The van der Waals surface area contributed by atoms with Crippen LogP contribution in [0, 0.1) is 0 Å². The Kier molecular flexibility index (Phi) is 9.29. The van der Waals surface area contributed by atoms with Gasteiger partial charge in [0.25, 0.3) is 0 Å². The number of aliphatic hydroxyl groups excluding tert-OH is 1. The highest BCUT2D eigenvalue weighted by atomic mass is 16.6. The molecule has 9 heteroatoms. The highest BCUT2D eigenvalue weighted by Crippen LogP contribution is 2.37. The quantitative estimate of drug-likeness (QED) is 0.348. The van der Waals surface area contributed by atoms with Crippen molar-refractivity contribution in [1.29, 1.82) is 0 Å². The average molecular weight is 563 g/mol. The Morgan fingerprint density at radius 2 is 1.68 bits per heavy atom.